The van der Waals surface area contributed by atoms with Crippen LogP contribution in [0.3, 0.4) is 0 Å². The number of piperidine rings is 1. The van der Waals surface area contributed by atoms with E-state index in [1.165, 1.54) is 63.2 Å². The number of benzene rings is 1. The third kappa shape index (κ3) is 2.79. The highest BCUT2D eigenvalue weighted by molar-refractivity contribution is 5.90. The monoisotopic (exact) mass is 362 g/mol. The summed E-state index contributed by atoms with van der Waals surface area (Å²) in [5.74, 6) is 4.85. The standard InChI is InChI=1S/C23H30N4/c1-4-8-27(9-5-1)22-24-20-7-3-2-6-19(20)21(25-22)26-23-13-16-10-17(14-23)12-18(11-16)15-23/h2-3,6-7,16-18H,1,4-5,8-15H2,(H,24,25,26). The molecule has 0 amide bonds. The van der Waals surface area contributed by atoms with Gasteiger partial charge in [0.1, 0.15) is 5.82 Å². The van der Waals surface area contributed by atoms with E-state index in [-0.39, 0.29) is 5.54 Å². The molecule has 0 spiro atoms. The predicted molar refractivity (Wildman–Crippen MR) is 110 cm³/mol. The Morgan fingerprint density at radius 1 is 0.852 bits per heavy atom. The summed E-state index contributed by atoms with van der Waals surface area (Å²) in [6.07, 6.45) is 12.3. The summed E-state index contributed by atoms with van der Waals surface area (Å²) in [5, 5.41) is 5.22. The molecule has 4 aliphatic carbocycles. The fourth-order valence-electron chi connectivity index (χ4n) is 6.91. The summed E-state index contributed by atoms with van der Waals surface area (Å²) in [6.45, 7) is 2.18. The molecular weight excluding hydrogens is 332 g/mol. The van der Waals surface area contributed by atoms with E-state index in [9.17, 15) is 0 Å². The summed E-state index contributed by atoms with van der Waals surface area (Å²) in [6, 6.07) is 8.56. The molecule has 4 saturated carbocycles. The second-order valence-electron chi connectivity index (χ2n) is 9.76. The van der Waals surface area contributed by atoms with Crippen molar-refractivity contribution >= 4 is 22.7 Å². The minimum atomic E-state index is 0.283. The summed E-state index contributed by atoms with van der Waals surface area (Å²) < 4.78 is 0. The van der Waals surface area contributed by atoms with Gasteiger partial charge < -0.3 is 10.2 Å². The van der Waals surface area contributed by atoms with E-state index in [0.717, 1.165) is 48.1 Å². The maximum absolute atomic E-state index is 5.10. The van der Waals surface area contributed by atoms with Crippen molar-refractivity contribution in [2.24, 2.45) is 17.8 Å². The number of anilines is 2. The third-order valence-corrected chi connectivity index (χ3v) is 7.65. The van der Waals surface area contributed by atoms with Gasteiger partial charge in [-0.1, -0.05) is 12.1 Å². The Kier molecular flexibility index (Phi) is 3.64. The van der Waals surface area contributed by atoms with Crippen LogP contribution in [0, 0.1) is 17.8 Å². The maximum atomic E-state index is 5.10. The highest BCUT2D eigenvalue weighted by atomic mass is 15.3. The van der Waals surface area contributed by atoms with Crippen LogP contribution in [0.15, 0.2) is 24.3 Å². The van der Waals surface area contributed by atoms with E-state index in [1.807, 2.05) is 0 Å². The van der Waals surface area contributed by atoms with Crippen LogP contribution in [0.4, 0.5) is 11.8 Å². The number of fused-ring (bicyclic) bond motifs is 1. The number of hydrogen-bond donors (Lipinski definition) is 1. The number of nitrogens with zero attached hydrogens (tertiary/aromatic N) is 3. The van der Waals surface area contributed by atoms with Crippen molar-refractivity contribution in [2.75, 3.05) is 23.3 Å². The topological polar surface area (TPSA) is 41.1 Å². The molecule has 0 atom stereocenters. The second-order valence-corrected chi connectivity index (χ2v) is 9.76. The van der Waals surface area contributed by atoms with Crippen molar-refractivity contribution in [3.8, 4) is 0 Å². The van der Waals surface area contributed by atoms with Gasteiger partial charge in [-0.15, -0.1) is 0 Å². The first-order valence-corrected chi connectivity index (χ1v) is 11.1. The first kappa shape index (κ1) is 16.1. The van der Waals surface area contributed by atoms with Crippen LogP contribution in [-0.2, 0) is 0 Å². The second kappa shape index (κ2) is 6.08. The van der Waals surface area contributed by atoms with Crippen molar-refractivity contribution in [3.05, 3.63) is 24.3 Å². The first-order valence-electron chi connectivity index (χ1n) is 11.1. The van der Waals surface area contributed by atoms with Crippen molar-refractivity contribution in [3.63, 3.8) is 0 Å². The average Bonchev–Trinajstić information content (AvgIpc) is 2.67. The molecule has 0 radical (unpaired) electrons. The smallest absolute Gasteiger partial charge is 0.227 e. The van der Waals surface area contributed by atoms with Crippen LogP contribution in [0.25, 0.3) is 10.9 Å². The van der Waals surface area contributed by atoms with Gasteiger partial charge in [0, 0.05) is 24.0 Å². The van der Waals surface area contributed by atoms with Gasteiger partial charge in [0.2, 0.25) is 5.95 Å². The quantitative estimate of drug-likeness (QED) is 0.834. The summed E-state index contributed by atoms with van der Waals surface area (Å²) >= 11 is 0. The van der Waals surface area contributed by atoms with Crippen molar-refractivity contribution < 1.29 is 0 Å². The minimum Gasteiger partial charge on any atom is -0.364 e. The lowest BCUT2D eigenvalue weighted by atomic mass is 9.53. The van der Waals surface area contributed by atoms with Gasteiger partial charge in [0.15, 0.2) is 0 Å². The molecule has 5 fully saturated rings. The van der Waals surface area contributed by atoms with E-state index in [0.29, 0.717) is 0 Å². The number of rotatable bonds is 3. The zero-order valence-electron chi connectivity index (χ0n) is 16.2. The van der Waals surface area contributed by atoms with Gasteiger partial charge in [-0.3, -0.25) is 0 Å². The van der Waals surface area contributed by atoms with Crippen molar-refractivity contribution in [1.82, 2.24) is 9.97 Å². The summed E-state index contributed by atoms with van der Waals surface area (Å²) in [5.41, 5.74) is 1.37. The van der Waals surface area contributed by atoms with E-state index in [2.05, 4.69) is 34.5 Å². The maximum Gasteiger partial charge on any atom is 0.227 e. The number of para-hydroxylation sites is 1. The lowest BCUT2D eigenvalue weighted by Crippen LogP contribution is -2.55. The molecular formula is C23H30N4. The molecule has 1 aromatic heterocycles. The Labute approximate surface area is 161 Å². The molecule has 2 heterocycles. The zero-order chi connectivity index (χ0) is 17.8. The SMILES string of the molecule is c1ccc2c(NC34CC5CC(CC(C5)C3)C4)nc(N3CCCCC3)nc2c1. The number of hydrogen-bond acceptors (Lipinski definition) is 4. The van der Waals surface area contributed by atoms with Gasteiger partial charge in [-0.25, -0.2) is 4.98 Å². The molecule has 4 heteroatoms. The van der Waals surface area contributed by atoms with Crippen molar-refractivity contribution in [1.29, 1.82) is 0 Å². The van der Waals surface area contributed by atoms with Gasteiger partial charge in [0.25, 0.3) is 0 Å². The Morgan fingerprint density at radius 3 is 2.22 bits per heavy atom. The van der Waals surface area contributed by atoms with Crippen LogP contribution < -0.4 is 10.2 Å². The molecule has 2 aromatic rings. The van der Waals surface area contributed by atoms with Gasteiger partial charge >= 0.3 is 0 Å². The molecule has 5 aliphatic rings. The van der Waals surface area contributed by atoms with Crippen LogP contribution in [0.2, 0.25) is 0 Å². The Bertz CT molecular complexity index is 819. The molecule has 1 aliphatic heterocycles. The van der Waals surface area contributed by atoms with Gasteiger partial charge in [0.05, 0.1) is 5.52 Å². The van der Waals surface area contributed by atoms with Crippen LogP contribution in [-0.4, -0.2) is 28.6 Å². The Morgan fingerprint density at radius 2 is 1.52 bits per heavy atom. The molecule has 0 unspecified atom stereocenters. The van der Waals surface area contributed by atoms with Gasteiger partial charge in [-0.05, 0) is 87.7 Å². The highest BCUT2D eigenvalue weighted by Gasteiger charge is 2.51. The fourth-order valence-corrected chi connectivity index (χ4v) is 6.91. The summed E-state index contributed by atoms with van der Waals surface area (Å²) in [7, 11) is 0. The van der Waals surface area contributed by atoms with E-state index < -0.39 is 0 Å². The van der Waals surface area contributed by atoms with Crippen LogP contribution in [0.1, 0.15) is 57.8 Å². The molecule has 1 saturated heterocycles. The Hall–Kier alpha value is -1.84. The zero-order valence-corrected chi connectivity index (χ0v) is 16.2. The van der Waals surface area contributed by atoms with E-state index >= 15 is 0 Å². The third-order valence-electron chi connectivity index (χ3n) is 7.65. The summed E-state index contributed by atoms with van der Waals surface area (Å²) in [4.78, 5) is 12.4. The van der Waals surface area contributed by atoms with Crippen LogP contribution >= 0.6 is 0 Å². The highest BCUT2D eigenvalue weighted by Crippen LogP contribution is 2.56. The molecule has 1 aromatic carbocycles. The van der Waals surface area contributed by atoms with E-state index in [1.54, 1.807) is 0 Å². The molecule has 7 rings (SSSR count). The molecule has 1 N–H and O–H groups in total. The lowest BCUT2D eigenvalue weighted by Gasteiger charge is -2.57. The fraction of sp³-hybridized carbons (Fsp3) is 0.652. The molecule has 4 nitrogen and oxygen atoms in total. The Balaban J connectivity index is 1.39. The lowest BCUT2D eigenvalue weighted by molar-refractivity contribution is 0.0106. The molecule has 142 valence electrons. The number of nitrogens with one attached hydrogen (secondary N) is 1. The largest absolute Gasteiger partial charge is 0.364 e. The number of aromatic nitrogens is 2. The van der Waals surface area contributed by atoms with E-state index in [4.69, 9.17) is 9.97 Å². The van der Waals surface area contributed by atoms with Crippen molar-refractivity contribution in [2.45, 2.75) is 63.3 Å². The molecule has 4 bridgehead atoms. The predicted octanol–water partition coefficient (Wildman–Crippen LogP) is 5.00. The van der Waals surface area contributed by atoms with Crippen LogP contribution in [0.5, 0.6) is 0 Å². The normalized spacial score (nSPS) is 35.0. The average molecular weight is 363 g/mol. The first-order chi connectivity index (χ1) is 13.3. The minimum absolute atomic E-state index is 0.283. The van der Waals surface area contributed by atoms with Gasteiger partial charge in [-0.2, -0.15) is 4.98 Å². The molecule has 27 heavy (non-hydrogen) atoms.